The average molecular weight is 390 g/mol. The predicted molar refractivity (Wildman–Crippen MR) is 110 cm³/mol. The van der Waals surface area contributed by atoms with Crippen LogP contribution in [0.1, 0.15) is 96.3 Å². The van der Waals surface area contributed by atoms with Gasteiger partial charge in [0.2, 0.25) is 5.91 Å². The fraction of sp³-hybridized carbons (Fsp3) is 0.900. The topological polar surface area (TPSA) is 86.6 Å². The number of aliphatic carboxylic acids is 1. The Morgan fingerprint density at radius 3 is 1.58 bits per heavy atom. The Hall–Kier alpha value is -0.750. The van der Waals surface area contributed by atoms with Gasteiger partial charge in [0.1, 0.15) is 6.04 Å². The maximum atomic E-state index is 11.7. The van der Waals surface area contributed by atoms with Gasteiger partial charge in [-0.2, -0.15) is 12.6 Å². The van der Waals surface area contributed by atoms with Gasteiger partial charge in [0.05, 0.1) is 0 Å². The Bertz CT molecular complexity index is 353. The molecule has 1 amide bonds. The number of hydrogen-bond acceptors (Lipinski definition) is 4. The maximum absolute atomic E-state index is 11.7. The van der Waals surface area contributed by atoms with Gasteiger partial charge in [-0.15, -0.1) is 0 Å². The third-order valence-corrected chi connectivity index (χ3v) is 4.87. The first-order valence-corrected chi connectivity index (χ1v) is 11.0. The molecule has 0 aromatic rings. The fourth-order valence-corrected chi connectivity index (χ4v) is 3.25. The Kier molecular flexibility index (Phi) is 18.5. The summed E-state index contributed by atoms with van der Waals surface area (Å²) in [6.45, 7) is 0.323. The van der Waals surface area contributed by atoms with Crippen LogP contribution < -0.4 is 5.32 Å². The van der Waals surface area contributed by atoms with E-state index in [4.69, 9.17) is 10.2 Å². The van der Waals surface area contributed by atoms with Crippen LogP contribution in [0.4, 0.5) is 0 Å². The Morgan fingerprint density at radius 2 is 1.19 bits per heavy atom. The van der Waals surface area contributed by atoms with Crippen LogP contribution in [-0.2, 0) is 9.59 Å². The number of hydrogen-bond donors (Lipinski definition) is 4. The third kappa shape index (κ3) is 16.7. The van der Waals surface area contributed by atoms with Crippen LogP contribution in [0.3, 0.4) is 0 Å². The Balaban J connectivity index is 3.35. The highest BCUT2D eigenvalue weighted by molar-refractivity contribution is 7.80. The average Bonchev–Trinajstić information content (AvgIpc) is 2.61. The van der Waals surface area contributed by atoms with Crippen molar-refractivity contribution in [1.29, 1.82) is 0 Å². The summed E-state index contributed by atoms with van der Waals surface area (Å²) in [4.78, 5) is 22.7. The molecule has 0 aromatic heterocycles. The molecule has 1 atom stereocenters. The molecule has 3 N–H and O–H groups in total. The molecule has 0 fully saturated rings. The van der Waals surface area contributed by atoms with E-state index in [0.717, 1.165) is 32.1 Å². The smallest absolute Gasteiger partial charge is 0.326 e. The minimum absolute atomic E-state index is 0.168. The van der Waals surface area contributed by atoms with Crippen molar-refractivity contribution in [3.8, 4) is 0 Å². The molecular formula is C20H39NO4S. The van der Waals surface area contributed by atoms with E-state index in [2.05, 4.69) is 17.9 Å². The number of aliphatic hydroxyl groups excluding tert-OH is 1. The normalized spacial score (nSPS) is 12.1. The number of carbonyl (C=O) groups excluding carboxylic acids is 1. The van der Waals surface area contributed by atoms with E-state index in [0.29, 0.717) is 25.2 Å². The Morgan fingerprint density at radius 1 is 0.769 bits per heavy atom. The van der Waals surface area contributed by atoms with Crippen LogP contribution in [0, 0.1) is 0 Å². The lowest BCUT2D eigenvalue weighted by Crippen LogP contribution is -2.40. The molecule has 26 heavy (non-hydrogen) atoms. The molecule has 0 unspecified atom stereocenters. The van der Waals surface area contributed by atoms with E-state index in [1.54, 1.807) is 0 Å². The molecule has 0 aromatic carbocycles. The molecule has 0 aliphatic heterocycles. The van der Waals surface area contributed by atoms with Crippen LogP contribution in [0.25, 0.3) is 0 Å². The van der Waals surface area contributed by atoms with Gasteiger partial charge in [0, 0.05) is 13.0 Å². The van der Waals surface area contributed by atoms with Gasteiger partial charge in [0.15, 0.2) is 0 Å². The zero-order chi connectivity index (χ0) is 19.5. The van der Waals surface area contributed by atoms with Crippen molar-refractivity contribution in [2.24, 2.45) is 0 Å². The summed E-state index contributed by atoms with van der Waals surface area (Å²) in [5, 5.41) is 20.3. The molecule has 154 valence electrons. The monoisotopic (exact) mass is 389 g/mol. The Labute approximate surface area is 164 Å². The number of thiol groups is 1. The van der Waals surface area contributed by atoms with Gasteiger partial charge < -0.3 is 15.5 Å². The second kappa shape index (κ2) is 19.0. The number of rotatable bonds is 19. The molecule has 5 nitrogen and oxygen atoms in total. The van der Waals surface area contributed by atoms with Gasteiger partial charge >= 0.3 is 5.97 Å². The van der Waals surface area contributed by atoms with Gasteiger partial charge in [-0.05, 0) is 25.0 Å². The number of nitrogens with one attached hydrogen (secondary N) is 1. The van der Waals surface area contributed by atoms with E-state index in [1.165, 1.54) is 51.4 Å². The highest BCUT2D eigenvalue weighted by atomic mass is 32.1. The van der Waals surface area contributed by atoms with Crippen LogP contribution in [-0.4, -0.2) is 40.5 Å². The number of carbonyl (C=O) groups is 2. The van der Waals surface area contributed by atoms with E-state index in [1.807, 2.05) is 0 Å². The summed E-state index contributed by atoms with van der Waals surface area (Å²) >= 11 is 4.02. The summed E-state index contributed by atoms with van der Waals surface area (Å²) in [6, 6.07) is -0.810. The first-order chi connectivity index (χ1) is 12.6. The van der Waals surface area contributed by atoms with Crippen LogP contribution in [0.15, 0.2) is 0 Å². The first-order valence-electron chi connectivity index (χ1n) is 10.4. The summed E-state index contributed by atoms with van der Waals surface area (Å²) in [6.07, 6.45) is 16.1. The third-order valence-electron chi connectivity index (χ3n) is 4.61. The summed E-state index contributed by atoms with van der Waals surface area (Å²) in [5.41, 5.74) is 0. The molecule has 0 radical (unpaired) electrons. The van der Waals surface area contributed by atoms with Crippen molar-refractivity contribution in [3.63, 3.8) is 0 Å². The number of carboxylic acid groups (broad SMARTS) is 1. The quantitative estimate of drug-likeness (QED) is 0.196. The largest absolute Gasteiger partial charge is 0.480 e. The molecule has 0 bridgehead atoms. The van der Waals surface area contributed by atoms with Crippen LogP contribution in [0.5, 0.6) is 0 Å². The van der Waals surface area contributed by atoms with Gasteiger partial charge in [-0.25, -0.2) is 4.79 Å². The zero-order valence-corrected chi connectivity index (χ0v) is 17.2. The van der Waals surface area contributed by atoms with Crippen molar-refractivity contribution >= 4 is 24.5 Å². The summed E-state index contributed by atoms with van der Waals surface area (Å²) in [7, 11) is 0. The number of aliphatic hydroxyl groups is 1. The lowest BCUT2D eigenvalue weighted by molar-refractivity contribution is -0.141. The van der Waals surface area contributed by atoms with Crippen LogP contribution in [0.2, 0.25) is 0 Å². The number of carboxylic acids is 1. The molecule has 0 aliphatic carbocycles. The zero-order valence-electron chi connectivity index (χ0n) is 16.3. The van der Waals surface area contributed by atoms with E-state index >= 15 is 0 Å². The molecule has 0 saturated carbocycles. The van der Waals surface area contributed by atoms with E-state index in [-0.39, 0.29) is 5.91 Å². The van der Waals surface area contributed by atoms with Crippen molar-refractivity contribution in [3.05, 3.63) is 0 Å². The van der Waals surface area contributed by atoms with Crippen LogP contribution >= 0.6 is 12.6 Å². The highest BCUT2D eigenvalue weighted by Crippen LogP contribution is 2.13. The molecule has 0 rings (SSSR count). The van der Waals surface area contributed by atoms with Crippen molar-refractivity contribution in [1.82, 2.24) is 5.32 Å². The standard InChI is InChI=1S/C20H39NO4S/c22-16-13-11-9-7-5-3-1-2-4-6-8-10-12-14-19(23)21-18(15-17-26)20(24)25/h18,22,26H,1-17H2,(H,21,23)(H,24,25)/t18-/m0/s1. The van der Waals surface area contributed by atoms with Crippen molar-refractivity contribution in [2.45, 2.75) is 102 Å². The molecule has 0 aliphatic rings. The minimum atomic E-state index is -0.988. The fourth-order valence-electron chi connectivity index (χ4n) is 2.99. The summed E-state index contributed by atoms with van der Waals surface area (Å²) in [5.74, 6) is -0.711. The lowest BCUT2D eigenvalue weighted by Gasteiger charge is -2.13. The maximum Gasteiger partial charge on any atom is 0.326 e. The molecule has 0 saturated heterocycles. The highest BCUT2D eigenvalue weighted by Gasteiger charge is 2.18. The lowest BCUT2D eigenvalue weighted by atomic mass is 10.0. The van der Waals surface area contributed by atoms with Gasteiger partial charge in [0.25, 0.3) is 0 Å². The van der Waals surface area contributed by atoms with Crippen molar-refractivity contribution in [2.75, 3.05) is 12.4 Å². The number of amides is 1. The predicted octanol–water partition coefficient (Wildman–Crippen LogP) is 4.33. The molecule has 6 heteroatoms. The van der Waals surface area contributed by atoms with E-state index in [9.17, 15) is 9.59 Å². The molecular weight excluding hydrogens is 350 g/mol. The van der Waals surface area contributed by atoms with E-state index < -0.39 is 12.0 Å². The molecule has 0 spiro atoms. The minimum Gasteiger partial charge on any atom is -0.480 e. The van der Waals surface area contributed by atoms with Gasteiger partial charge in [-0.3, -0.25) is 4.79 Å². The SMILES string of the molecule is O=C(CCCCCCCCCCCCCCCO)N[C@@H](CCS)C(=O)O. The second-order valence-electron chi connectivity index (χ2n) is 7.04. The van der Waals surface area contributed by atoms with Gasteiger partial charge in [-0.1, -0.05) is 70.6 Å². The van der Waals surface area contributed by atoms with Crippen molar-refractivity contribution < 1.29 is 19.8 Å². The summed E-state index contributed by atoms with van der Waals surface area (Å²) < 4.78 is 0. The first kappa shape index (κ1) is 25.2. The second-order valence-corrected chi connectivity index (χ2v) is 7.49. The molecule has 0 heterocycles. The number of unbranched alkanes of at least 4 members (excludes halogenated alkanes) is 12.